The second kappa shape index (κ2) is 6.55. The summed E-state index contributed by atoms with van der Waals surface area (Å²) >= 11 is 11.2. The van der Waals surface area contributed by atoms with E-state index < -0.39 is 0 Å². The molecule has 0 bridgehead atoms. The SMILES string of the molecule is CN1CCCCC1COc1cccc(Cl)c1C(N)=S. The van der Waals surface area contributed by atoms with Crippen molar-refractivity contribution in [1.82, 2.24) is 4.90 Å². The summed E-state index contributed by atoms with van der Waals surface area (Å²) in [5, 5.41) is 0.544. The zero-order valence-corrected chi connectivity index (χ0v) is 12.6. The summed E-state index contributed by atoms with van der Waals surface area (Å²) in [6.07, 6.45) is 3.69. The van der Waals surface area contributed by atoms with Crippen LogP contribution < -0.4 is 10.5 Å². The highest BCUT2D eigenvalue weighted by atomic mass is 35.5. The lowest BCUT2D eigenvalue weighted by atomic mass is 10.0. The molecule has 104 valence electrons. The zero-order chi connectivity index (χ0) is 13.8. The van der Waals surface area contributed by atoms with Gasteiger partial charge in [-0.15, -0.1) is 0 Å². The van der Waals surface area contributed by atoms with Crippen LogP contribution in [0.2, 0.25) is 5.02 Å². The second-order valence-electron chi connectivity index (χ2n) is 4.92. The van der Waals surface area contributed by atoms with Crippen LogP contribution in [-0.2, 0) is 0 Å². The van der Waals surface area contributed by atoms with E-state index in [4.69, 9.17) is 34.3 Å². The first-order valence-electron chi connectivity index (χ1n) is 6.51. The highest BCUT2D eigenvalue weighted by Gasteiger charge is 2.20. The minimum Gasteiger partial charge on any atom is -0.491 e. The molecule has 0 amide bonds. The monoisotopic (exact) mass is 298 g/mol. The predicted molar refractivity (Wildman–Crippen MR) is 83.1 cm³/mol. The summed E-state index contributed by atoms with van der Waals surface area (Å²) < 4.78 is 5.90. The fourth-order valence-electron chi connectivity index (χ4n) is 2.40. The molecule has 1 unspecified atom stereocenters. The van der Waals surface area contributed by atoms with E-state index in [2.05, 4.69) is 11.9 Å². The van der Waals surface area contributed by atoms with E-state index in [9.17, 15) is 0 Å². The Balaban J connectivity index is 2.07. The average molecular weight is 299 g/mol. The molecule has 1 saturated heterocycles. The standard InChI is InChI=1S/C14H19ClN2OS/c1-17-8-3-2-5-10(17)9-18-12-7-4-6-11(15)13(12)14(16)19/h4,6-7,10H,2-3,5,8-9H2,1H3,(H2,16,19). The lowest BCUT2D eigenvalue weighted by Gasteiger charge is -2.32. The summed E-state index contributed by atoms with van der Waals surface area (Å²) in [5.74, 6) is 0.680. The molecular formula is C14H19ClN2OS. The molecule has 0 aromatic heterocycles. The normalized spacial score (nSPS) is 20.2. The van der Waals surface area contributed by atoms with Crippen molar-refractivity contribution in [3.8, 4) is 5.75 Å². The molecule has 2 rings (SSSR count). The number of rotatable bonds is 4. The quantitative estimate of drug-likeness (QED) is 0.868. The van der Waals surface area contributed by atoms with Gasteiger partial charge in [-0.3, -0.25) is 0 Å². The van der Waals surface area contributed by atoms with Gasteiger partial charge in [0.1, 0.15) is 17.3 Å². The number of likely N-dealkylation sites (N-methyl/N-ethyl adjacent to an activating group) is 1. The Kier molecular flexibility index (Phi) is 5.02. The molecule has 19 heavy (non-hydrogen) atoms. The molecule has 0 aliphatic carbocycles. The van der Waals surface area contributed by atoms with Crippen LogP contribution in [0.25, 0.3) is 0 Å². The molecule has 1 aromatic rings. The maximum atomic E-state index is 6.12. The minimum absolute atomic E-state index is 0.276. The van der Waals surface area contributed by atoms with Crippen LogP contribution in [0.5, 0.6) is 5.75 Å². The van der Waals surface area contributed by atoms with Gasteiger partial charge in [-0.1, -0.05) is 36.3 Å². The molecule has 1 aliphatic heterocycles. The maximum Gasteiger partial charge on any atom is 0.131 e. The van der Waals surface area contributed by atoms with Gasteiger partial charge < -0.3 is 15.4 Å². The second-order valence-corrected chi connectivity index (χ2v) is 5.77. The first kappa shape index (κ1) is 14.6. The fraction of sp³-hybridized carbons (Fsp3) is 0.500. The fourth-order valence-corrected chi connectivity index (χ4v) is 2.94. The number of halogens is 1. The highest BCUT2D eigenvalue weighted by Crippen LogP contribution is 2.27. The maximum absolute atomic E-state index is 6.12. The van der Waals surface area contributed by atoms with Crippen LogP contribution in [0.3, 0.4) is 0 Å². The Bertz CT molecular complexity index is 467. The molecule has 2 N–H and O–H groups in total. The molecule has 1 fully saturated rings. The number of hydrogen-bond donors (Lipinski definition) is 1. The number of ether oxygens (including phenoxy) is 1. The van der Waals surface area contributed by atoms with E-state index >= 15 is 0 Å². The van der Waals surface area contributed by atoms with Gasteiger partial charge in [-0.2, -0.15) is 0 Å². The molecule has 0 spiro atoms. The topological polar surface area (TPSA) is 38.5 Å². The number of benzene rings is 1. The Morgan fingerprint density at radius 3 is 3.00 bits per heavy atom. The molecular weight excluding hydrogens is 280 g/mol. The number of thiocarbonyl (C=S) groups is 1. The van der Waals surface area contributed by atoms with Gasteiger partial charge in [0.05, 0.1) is 10.6 Å². The number of likely N-dealkylation sites (tertiary alicyclic amines) is 1. The minimum atomic E-state index is 0.276. The summed E-state index contributed by atoms with van der Waals surface area (Å²) in [7, 11) is 2.14. The van der Waals surface area contributed by atoms with Crippen molar-refractivity contribution in [3.05, 3.63) is 28.8 Å². The lowest BCUT2D eigenvalue weighted by molar-refractivity contribution is 0.125. The summed E-state index contributed by atoms with van der Waals surface area (Å²) in [6, 6.07) is 5.94. The van der Waals surface area contributed by atoms with E-state index in [0.29, 0.717) is 29.0 Å². The van der Waals surface area contributed by atoms with Gasteiger partial charge in [0.25, 0.3) is 0 Å². The largest absolute Gasteiger partial charge is 0.491 e. The number of piperidine rings is 1. The number of hydrogen-bond acceptors (Lipinski definition) is 3. The van der Waals surface area contributed by atoms with Crippen LogP contribution in [0.15, 0.2) is 18.2 Å². The average Bonchev–Trinajstić information content (AvgIpc) is 2.37. The summed E-state index contributed by atoms with van der Waals surface area (Å²) in [4.78, 5) is 2.62. The van der Waals surface area contributed by atoms with Crippen LogP contribution in [0, 0.1) is 0 Å². The van der Waals surface area contributed by atoms with E-state index in [0.717, 1.165) is 6.54 Å². The Hall–Kier alpha value is -0.840. The Morgan fingerprint density at radius 2 is 2.32 bits per heavy atom. The Labute approximate surface area is 124 Å². The van der Waals surface area contributed by atoms with Crippen molar-refractivity contribution in [2.24, 2.45) is 5.73 Å². The molecule has 0 radical (unpaired) electrons. The highest BCUT2D eigenvalue weighted by molar-refractivity contribution is 7.80. The van der Waals surface area contributed by atoms with Crippen LogP contribution in [0.4, 0.5) is 0 Å². The Morgan fingerprint density at radius 1 is 1.53 bits per heavy atom. The van der Waals surface area contributed by atoms with E-state index in [-0.39, 0.29) is 4.99 Å². The smallest absolute Gasteiger partial charge is 0.131 e. The third-order valence-electron chi connectivity index (χ3n) is 3.57. The molecule has 5 heteroatoms. The van der Waals surface area contributed by atoms with E-state index in [1.165, 1.54) is 19.3 Å². The van der Waals surface area contributed by atoms with Gasteiger partial charge in [0, 0.05) is 6.04 Å². The van der Waals surface area contributed by atoms with E-state index in [1.54, 1.807) is 6.07 Å². The van der Waals surface area contributed by atoms with Crippen molar-refractivity contribution in [3.63, 3.8) is 0 Å². The number of nitrogens with two attached hydrogens (primary N) is 1. The molecule has 1 heterocycles. The van der Waals surface area contributed by atoms with Crippen molar-refractivity contribution in [1.29, 1.82) is 0 Å². The van der Waals surface area contributed by atoms with Crippen LogP contribution in [-0.4, -0.2) is 36.1 Å². The summed E-state index contributed by atoms with van der Waals surface area (Å²) in [5.41, 5.74) is 6.34. The van der Waals surface area contributed by atoms with E-state index in [1.807, 2.05) is 12.1 Å². The van der Waals surface area contributed by atoms with Gasteiger partial charge in [-0.05, 0) is 38.6 Å². The van der Waals surface area contributed by atoms with Gasteiger partial charge >= 0.3 is 0 Å². The van der Waals surface area contributed by atoms with Gasteiger partial charge in [0.2, 0.25) is 0 Å². The third-order valence-corrected chi connectivity index (χ3v) is 4.09. The zero-order valence-electron chi connectivity index (χ0n) is 11.1. The van der Waals surface area contributed by atoms with Gasteiger partial charge in [-0.25, -0.2) is 0 Å². The van der Waals surface area contributed by atoms with Crippen molar-refractivity contribution >= 4 is 28.8 Å². The molecule has 1 aromatic carbocycles. The van der Waals surface area contributed by atoms with Gasteiger partial charge in [0.15, 0.2) is 0 Å². The molecule has 1 aliphatic rings. The first-order valence-corrected chi connectivity index (χ1v) is 7.29. The molecule has 3 nitrogen and oxygen atoms in total. The molecule has 1 atom stereocenters. The van der Waals surface area contributed by atoms with Crippen LogP contribution in [0.1, 0.15) is 24.8 Å². The first-order chi connectivity index (χ1) is 9.09. The predicted octanol–water partition coefficient (Wildman–Crippen LogP) is 2.84. The number of nitrogens with zero attached hydrogens (tertiary/aromatic N) is 1. The van der Waals surface area contributed by atoms with Crippen molar-refractivity contribution < 1.29 is 4.74 Å². The van der Waals surface area contributed by atoms with Crippen LogP contribution >= 0.6 is 23.8 Å². The summed E-state index contributed by atoms with van der Waals surface area (Å²) in [6.45, 7) is 1.78. The van der Waals surface area contributed by atoms with Crippen molar-refractivity contribution in [2.45, 2.75) is 25.3 Å². The van der Waals surface area contributed by atoms with Crippen molar-refractivity contribution in [2.75, 3.05) is 20.2 Å². The lowest BCUT2D eigenvalue weighted by Crippen LogP contribution is -2.40. The third kappa shape index (κ3) is 3.59. The molecule has 0 saturated carbocycles.